The van der Waals surface area contributed by atoms with Gasteiger partial charge in [-0.05, 0) is 67.5 Å². The molecule has 1 atom stereocenters. The fourth-order valence-electron chi connectivity index (χ4n) is 5.98. The summed E-state index contributed by atoms with van der Waals surface area (Å²) in [6, 6.07) is 10.1. The zero-order chi connectivity index (χ0) is 28.6. The third kappa shape index (κ3) is 6.07. The average molecular weight is 581 g/mol. The molecule has 2 aromatic carbocycles. The molecule has 0 spiro atoms. The molecule has 6 nitrogen and oxygen atoms in total. The minimum atomic E-state index is -4.23. The number of carbonyl (C=O) groups excluding carboxylic acids is 2. The van der Waals surface area contributed by atoms with Gasteiger partial charge in [0.05, 0.1) is 12.0 Å². The zero-order valence-corrected chi connectivity index (χ0v) is 22.9. The number of nitrogens with two attached hydrogens (primary N) is 1. The van der Waals surface area contributed by atoms with Crippen LogP contribution in [-0.2, 0) is 11.3 Å². The van der Waals surface area contributed by atoms with Crippen molar-refractivity contribution in [3.05, 3.63) is 52.5 Å². The smallest absolute Gasteiger partial charge is 0.391 e. The number of carbonyl (C=O) groups is 2. The number of hydrogen-bond donors (Lipinski definition) is 1. The monoisotopic (exact) mass is 580 g/mol. The lowest BCUT2D eigenvalue weighted by molar-refractivity contribution is -0.183. The summed E-state index contributed by atoms with van der Waals surface area (Å²) in [5.41, 5.74) is 9.42. The van der Waals surface area contributed by atoms with Crippen molar-refractivity contribution in [1.29, 1.82) is 0 Å². The lowest BCUT2D eigenvalue weighted by Gasteiger charge is -2.33. The van der Waals surface area contributed by atoms with Gasteiger partial charge in [0.25, 0.3) is 5.91 Å². The number of nitrogen functional groups attached to an aromatic ring is 1. The molecule has 5 rings (SSSR count). The quantitative estimate of drug-likeness (QED) is 0.373. The topological polar surface area (TPSA) is 69.9 Å². The number of amides is 2. The molecule has 3 fully saturated rings. The van der Waals surface area contributed by atoms with Gasteiger partial charge in [-0.1, -0.05) is 23.7 Å². The Labute approximate surface area is 236 Å². The summed E-state index contributed by atoms with van der Waals surface area (Å²) in [6.07, 6.45) is -3.58. The predicted molar refractivity (Wildman–Crippen MR) is 146 cm³/mol. The molecule has 0 aliphatic carbocycles. The Hall–Kier alpha value is -2.85. The number of halogens is 5. The van der Waals surface area contributed by atoms with E-state index < -0.39 is 18.3 Å². The Bertz CT molecular complexity index is 1220. The molecule has 40 heavy (non-hydrogen) atoms. The molecule has 0 radical (unpaired) electrons. The van der Waals surface area contributed by atoms with E-state index in [-0.39, 0.29) is 43.8 Å². The van der Waals surface area contributed by atoms with Gasteiger partial charge < -0.3 is 15.5 Å². The van der Waals surface area contributed by atoms with E-state index in [1.165, 1.54) is 4.90 Å². The van der Waals surface area contributed by atoms with Crippen molar-refractivity contribution < 1.29 is 27.2 Å². The van der Waals surface area contributed by atoms with Crippen LogP contribution in [0.15, 0.2) is 36.4 Å². The van der Waals surface area contributed by atoms with Gasteiger partial charge in [-0.25, -0.2) is 4.39 Å². The Balaban J connectivity index is 1.22. The van der Waals surface area contributed by atoms with Gasteiger partial charge in [-0.2, -0.15) is 13.2 Å². The number of rotatable bonds is 5. The van der Waals surface area contributed by atoms with Crippen molar-refractivity contribution in [3.63, 3.8) is 0 Å². The van der Waals surface area contributed by atoms with E-state index in [4.69, 9.17) is 17.3 Å². The minimum absolute atomic E-state index is 0.0136. The summed E-state index contributed by atoms with van der Waals surface area (Å²) in [4.78, 5) is 31.2. The number of benzene rings is 2. The molecule has 11 heteroatoms. The Kier molecular flexibility index (Phi) is 8.29. The second kappa shape index (κ2) is 11.6. The van der Waals surface area contributed by atoms with Crippen LogP contribution in [0.2, 0.25) is 5.02 Å². The van der Waals surface area contributed by atoms with Crippen LogP contribution in [0.5, 0.6) is 0 Å². The highest BCUT2D eigenvalue weighted by Crippen LogP contribution is 2.35. The standard InChI is InChI=1S/C29H33ClF4N4O2/c30-24-15-20(18-1-3-19(4-2-18)27(39)37-10-5-21(6-11-37)29(32,33)34)16-25(35)23(24)17-38-14-9-26(28(38)40)36-12-7-22(31)8-13-36/h1-4,15-16,21-22,26H,5-14,17,35H2. The Morgan fingerprint density at radius 2 is 1.57 bits per heavy atom. The van der Waals surface area contributed by atoms with Crippen molar-refractivity contribution >= 4 is 29.1 Å². The maximum absolute atomic E-state index is 13.5. The summed E-state index contributed by atoms with van der Waals surface area (Å²) in [6.45, 7) is 2.20. The van der Waals surface area contributed by atoms with Crippen molar-refractivity contribution in [1.82, 2.24) is 14.7 Å². The normalized spacial score (nSPS) is 21.8. The molecule has 0 aromatic heterocycles. The van der Waals surface area contributed by atoms with Gasteiger partial charge in [0.1, 0.15) is 6.17 Å². The Morgan fingerprint density at radius 3 is 2.17 bits per heavy atom. The average Bonchev–Trinajstić information content (AvgIpc) is 3.30. The van der Waals surface area contributed by atoms with Crippen molar-refractivity contribution in [3.8, 4) is 11.1 Å². The van der Waals surface area contributed by atoms with Gasteiger partial charge in [-0.15, -0.1) is 0 Å². The summed E-state index contributed by atoms with van der Waals surface area (Å²) < 4.78 is 52.4. The summed E-state index contributed by atoms with van der Waals surface area (Å²) in [5, 5.41) is 0.428. The maximum atomic E-state index is 13.5. The van der Waals surface area contributed by atoms with Gasteiger partial charge >= 0.3 is 6.18 Å². The summed E-state index contributed by atoms with van der Waals surface area (Å²) in [5.74, 6) is -1.63. The SMILES string of the molecule is Nc1cc(-c2ccc(C(=O)N3CCC(C(F)(F)F)CC3)cc2)cc(Cl)c1CN1CCC(N2CCC(F)CC2)C1=O. The molecular formula is C29H33ClF4N4O2. The molecule has 3 aliphatic heterocycles. The van der Waals surface area contributed by atoms with Crippen LogP contribution < -0.4 is 5.73 Å². The first-order valence-corrected chi connectivity index (χ1v) is 14.1. The van der Waals surface area contributed by atoms with E-state index in [9.17, 15) is 27.2 Å². The van der Waals surface area contributed by atoms with E-state index in [1.54, 1.807) is 41.3 Å². The number of alkyl halides is 4. The van der Waals surface area contributed by atoms with Crippen LogP contribution in [0.1, 0.15) is 48.0 Å². The van der Waals surface area contributed by atoms with Gasteiger partial charge in [-0.3, -0.25) is 14.5 Å². The molecule has 2 amide bonds. The molecule has 3 aliphatic rings. The number of piperidine rings is 2. The van der Waals surface area contributed by atoms with Crippen LogP contribution in [0.25, 0.3) is 11.1 Å². The molecule has 0 saturated carbocycles. The number of anilines is 1. The van der Waals surface area contributed by atoms with Crippen molar-refractivity contribution in [2.24, 2.45) is 5.92 Å². The first-order chi connectivity index (χ1) is 19.0. The fraction of sp³-hybridized carbons (Fsp3) is 0.517. The zero-order valence-electron chi connectivity index (χ0n) is 22.1. The number of hydrogen-bond acceptors (Lipinski definition) is 4. The predicted octanol–water partition coefficient (Wildman–Crippen LogP) is 5.54. The van der Waals surface area contributed by atoms with E-state index in [1.807, 2.05) is 0 Å². The molecule has 1 unspecified atom stereocenters. The van der Waals surface area contributed by atoms with Gasteiger partial charge in [0, 0.05) is 61.1 Å². The molecule has 2 N–H and O–H groups in total. The minimum Gasteiger partial charge on any atom is -0.398 e. The molecule has 0 bridgehead atoms. The lowest BCUT2D eigenvalue weighted by Crippen LogP contribution is -2.46. The lowest BCUT2D eigenvalue weighted by atomic mass is 9.95. The fourth-order valence-corrected chi connectivity index (χ4v) is 6.26. The summed E-state index contributed by atoms with van der Waals surface area (Å²) in [7, 11) is 0. The highest BCUT2D eigenvalue weighted by Gasteiger charge is 2.42. The van der Waals surface area contributed by atoms with Crippen LogP contribution in [0, 0.1) is 5.92 Å². The molecular weight excluding hydrogens is 548 g/mol. The maximum Gasteiger partial charge on any atom is 0.391 e. The highest BCUT2D eigenvalue weighted by molar-refractivity contribution is 6.32. The third-order valence-electron chi connectivity index (χ3n) is 8.46. The van der Waals surface area contributed by atoms with E-state index in [0.717, 1.165) is 11.1 Å². The molecule has 3 heterocycles. The Morgan fingerprint density at radius 1 is 0.925 bits per heavy atom. The second-order valence-electron chi connectivity index (χ2n) is 11.0. The van der Waals surface area contributed by atoms with Crippen LogP contribution in [0.3, 0.4) is 0 Å². The van der Waals surface area contributed by atoms with E-state index in [2.05, 4.69) is 4.90 Å². The van der Waals surface area contributed by atoms with E-state index >= 15 is 0 Å². The molecule has 2 aromatic rings. The van der Waals surface area contributed by atoms with Crippen LogP contribution in [-0.4, -0.2) is 77.6 Å². The summed E-state index contributed by atoms with van der Waals surface area (Å²) >= 11 is 6.63. The van der Waals surface area contributed by atoms with Gasteiger partial charge in [0.2, 0.25) is 5.91 Å². The van der Waals surface area contributed by atoms with Crippen molar-refractivity contribution in [2.45, 2.75) is 57.0 Å². The first kappa shape index (κ1) is 28.7. The highest BCUT2D eigenvalue weighted by atomic mass is 35.5. The number of likely N-dealkylation sites (tertiary alicyclic amines) is 3. The third-order valence-corrected chi connectivity index (χ3v) is 8.80. The second-order valence-corrected chi connectivity index (χ2v) is 11.4. The molecule has 216 valence electrons. The first-order valence-electron chi connectivity index (χ1n) is 13.7. The van der Waals surface area contributed by atoms with Crippen LogP contribution in [0.4, 0.5) is 23.2 Å². The van der Waals surface area contributed by atoms with Crippen molar-refractivity contribution in [2.75, 3.05) is 38.5 Å². The largest absolute Gasteiger partial charge is 0.398 e. The number of nitrogens with zero attached hydrogens (tertiary/aromatic N) is 3. The molecule has 3 saturated heterocycles. The van der Waals surface area contributed by atoms with Gasteiger partial charge in [0.15, 0.2) is 0 Å². The van der Waals surface area contributed by atoms with E-state index in [0.29, 0.717) is 67.3 Å². The van der Waals surface area contributed by atoms with Crippen LogP contribution >= 0.6 is 11.6 Å².